The topological polar surface area (TPSA) is 66.9 Å². The third-order valence-corrected chi connectivity index (χ3v) is 4.26. The highest BCUT2D eigenvalue weighted by molar-refractivity contribution is 6.04. The molecule has 0 saturated heterocycles. The van der Waals surface area contributed by atoms with E-state index in [1.54, 1.807) is 30.9 Å². The van der Waals surface area contributed by atoms with Crippen LogP contribution in [-0.4, -0.2) is 15.9 Å². The third kappa shape index (κ3) is 5.14. The van der Waals surface area contributed by atoms with Gasteiger partial charge in [-0.1, -0.05) is 32.9 Å². The Labute approximate surface area is 159 Å². The van der Waals surface area contributed by atoms with Crippen molar-refractivity contribution in [1.82, 2.24) is 9.97 Å². The monoisotopic (exact) mass is 360 g/mol. The standard InChI is InChI=1S/C22H24N4O/c1-22(2,3)18-4-6-19(7-5-18)26-21(27)17-12-20(15-24-14-17)25-13-16-8-10-23-11-9-16/h4-12,14-15,25H,13H2,1-3H3,(H,26,27). The maximum Gasteiger partial charge on any atom is 0.257 e. The zero-order chi connectivity index (χ0) is 19.3. The van der Waals surface area contributed by atoms with Gasteiger partial charge in [-0.15, -0.1) is 0 Å². The van der Waals surface area contributed by atoms with Crippen molar-refractivity contribution in [2.75, 3.05) is 10.6 Å². The van der Waals surface area contributed by atoms with Crippen molar-refractivity contribution < 1.29 is 4.79 Å². The first-order valence-electron chi connectivity index (χ1n) is 8.91. The van der Waals surface area contributed by atoms with Gasteiger partial charge in [-0.05, 0) is 46.9 Å². The smallest absolute Gasteiger partial charge is 0.257 e. The first-order chi connectivity index (χ1) is 12.9. The molecule has 0 atom stereocenters. The van der Waals surface area contributed by atoms with Crippen molar-refractivity contribution in [3.63, 3.8) is 0 Å². The van der Waals surface area contributed by atoms with Crippen LogP contribution in [0.15, 0.2) is 67.3 Å². The second-order valence-corrected chi connectivity index (χ2v) is 7.45. The van der Waals surface area contributed by atoms with Crippen molar-refractivity contribution >= 4 is 17.3 Å². The predicted octanol–water partition coefficient (Wildman–Crippen LogP) is 4.64. The average molecular weight is 360 g/mol. The molecule has 0 unspecified atom stereocenters. The SMILES string of the molecule is CC(C)(C)c1ccc(NC(=O)c2cncc(NCc3ccncc3)c2)cc1. The second kappa shape index (κ2) is 7.99. The molecule has 0 aliphatic rings. The van der Waals surface area contributed by atoms with Crippen molar-refractivity contribution in [2.24, 2.45) is 0 Å². The Morgan fingerprint density at radius 2 is 1.63 bits per heavy atom. The number of pyridine rings is 2. The Bertz CT molecular complexity index is 900. The second-order valence-electron chi connectivity index (χ2n) is 7.45. The summed E-state index contributed by atoms with van der Waals surface area (Å²) in [6.45, 7) is 7.13. The Balaban J connectivity index is 1.64. The number of hydrogen-bond acceptors (Lipinski definition) is 4. The van der Waals surface area contributed by atoms with Gasteiger partial charge in [-0.25, -0.2) is 0 Å². The van der Waals surface area contributed by atoms with Crippen LogP contribution in [0, 0.1) is 0 Å². The van der Waals surface area contributed by atoms with E-state index in [-0.39, 0.29) is 11.3 Å². The molecule has 0 aliphatic heterocycles. The van der Waals surface area contributed by atoms with Crippen LogP contribution >= 0.6 is 0 Å². The molecule has 2 aromatic heterocycles. The quantitative estimate of drug-likeness (QED) is 0.696. The number of nitrogens with zero attached hydrogens (tertiary/aromatic N) is 2. The molecular formula is C22H24N4O. The third-order valence-electron chi connectivity index (χ3n) is 4.26. The molecule has 2 N–H and O–H groups in total. The minimum atomic E-state index is -0.182. The van der Waals surface area contributed by atoms with Gasteiger partial charge < -0.3 is 10.6 Å². The molecule has 27 heavy (non-hydrogen) atoms. The van der Waals surface area contributed by atoms with E-state index in [2.05, 4.69) is 41.4 Å². The number of nitrogens with one attached hydrogen (secondary N) is 2. The van der Waals surface area contributed by atoms with E-state index in [1.807, 2.05) is 36.4 Å². The minimum absolute atomic E-state index is 0.0846. The molecular weight excluding hydrogens is 336 g/mol. The minimum Gasteiger partial charge on any atom is -0.380 e. The molecule has 0 bridgehead atoms. The van der Waals surface area contributed by atoms with Crippen molar-refractivity contribution in [3.05, 3.63) is 83.9 Å². The summed E-state index contributed by atoms with van der Waals surface area (Å²) in [5.41, 5.74) is 4.49. The van der Waals surface area contributed by atoms with Gasteiger partial charge in [0.25, 0.3) is 5.91 Å². The van der Waals surface area contributed by atoms with Crippen LogP contribution < -0.4 is 10.6 Å². The Morgan fingerprint density at radius 1 is 0.926 bits per heavy atom. The van der Waals surface area contributed by atoms with Crippen LogP contribution in [0.2, 0.25) is 0 Å². The Hall–Kier alpha value is -3.21. The van der Waals surface area contributed by atoms with Crippen LogP contribution in [-0.2, 0) is 12.0 Å². The molecule has 2 heterocycles. The first kappa shape index (κ1) is 18.6. The number of carbonyl (C=O) groups is 1. The fourth-order valence-corrected chi connectivity index (χ4v) is 2.62. The van der Waals surface area contributed by atoms with Gasteiger partial charge in [0.05, 0.1) is 11.3 Å². The van der Waals surface area contributed by atoms with E-state index in [1.165, 1.54) is 5.56 Å². The summed E-state index contributed by atoms with van der Waals surface area (Å²) in [7, 11) is 0. The molecule has 0 aliphatic carbocycles. The molecule has 0 saturated carbocycles. The molecule has 0 radical (unpaired) electrons. The zero-order valence-corrected chi connectivity index (χ0v) is 15.9. The summed E-state index contributed by atoms with van der Waals surface area (Å²) in [5.74, 6) is -0.182. The van der Waals surface area contributed by atoms with Gasteiger partial charge in [-0.2, -0.15) is 0 Å². The van der Waals surface area contributed by atoms with Crippen molar-refractivity contribution in [2.45, 2.75) is 32.7 Å². The van der Waals surface area contributed by atoms with Gasteiger partial charge in [0.15, 0.2) is 0 Å². The number of benzene rings is 1. The highest BCUT2D eigenvalue weighted by Gasteiger charge is 2.13. The molecule has 3 aromatic rings. The first-order valence-corrected chi connectivity index (χ1v) is 8.91. The number of anilines is 2. The fourth-order valence-electron chi connectivity index (χ4n) is 2.62. The lowest BCUT2D eigenvalue weighted by Gasteiger charge is -2.19. The number of aromatic nitrogens is 2. The fraction of sp³-hybridized carbons (Fsp3) is 0.227. The number of amides is 1. The van der Waals surface area contributed by atoms with Crippen LogP contribution in [0.25, 0.3) is 0 Å². The van der Waals surface area contributed by atoms with Gasteiger partial charge in [-0.3, -0.25) is 14.8 Å². The van der Waals surface area contributed by atoms with E-state index < -0.39 is 0 Å². The Morgan fingerprint density at radius 3 is 2.30 bits per heavy atom. The molecule has 0 spiro atoms. The molecule has 5 nitrogen and oxygen atoms in total. The van der Waals surface area contributed by atoms with Crippen LogP contribution in [0.4, 0.5) is 11.4 Å². The number of rotatable bonds is 5. The highest BCUT2D eigenvalue weighted by atomic mass is 16.1. The lowest BCUT2D eigenvalue weighted by Crippen LogP contribution is -2.14. The van der Waals surface area contributed by atoms with Crippen LogP contribution in [0.3, 0.4) is 0 Å². The zero-order valence-electron chi connectivity index (χ0n) is 15.9. The van der Waals surface area contributed by atoms with Crippen molar-refractivity contribution in [1.29, 1.82) is 0 Å². The van der Waals surface area contributed by atoms with E-state index in [9.17, 15) is 4.79 Å². The molecule has 0 fully saturated rings. The molecule has 3 rings (SSSR count). The van der Waals surface area contributed by atoms with Gasteiger partial charge in [0.2, 0.25) is 0 Å². The van der Waals surface area contributed by atoms with Crippen LogP contribution in [0.5, 0.6) is 0 Å². The average Bonchev–Trinajstić information content (AvgIpc) is 2.67. The highest BCUT2D eigenvalue weighted by Crippen LogP contribution is 2.23. The summed E-state index contributed by atoms with van der Waals surface area (Å²) in [5, 5.41) is 6.20. The van der Waals surface area contributed by atoms with Crippen LogP contribution in [0.1, 0.15) is 42.3 Å². The maximum absolute atomic E-state index is 12.5. The number of carbonyl (C=O) groups excluding carboxylic acids is 1. The summed E-state index contributed by atoms with van der Waals surface area (Å²) in [6, 6.07) is 13.6. The van der Waals surface area contributed by atoms with E-state index >= 15 is 0 Å². The summed E-state index contributed by atoms with van der Waals surface area (Å²) in [4.78, 5) is 20.7. The summed E-state index contributed by atoms with van der Waals surface area (Å²) >= 11 is 0. The molecule has 138 valence electrons. The summed E-state index contributed by atoms with van der Waals surface area (Å²) in [6.07, 6.45) is 6.78. The Kier molecular flexibility index (Phi) is 5.50. The van der Waals surface area contributed by atoms with Gasteiger partial charge in [0, 0.05) is 37.0 Å². The lowest BCUT2D eigenvalue weighted by atomic mass is 9.87. The van der Waals surface area contributed by atoms with E-state index in [0.29, 0.717) is 12.1 Å². The summed E-state index contributed by atoms with van der Waals surface area (Å²) < 4.78 is 0. The molecule has 1 aromatic carbocycles. The normalized spacial score (nSPS) is 11.1. The van der Waals surface area contributed by atoms with Gasteiger partial charge in [0.1, 0.15) is 0 Å². The van der Waals surface area contributed by atoms with E-state index in [0.717, 1.165) is 16.9 Å². The number of hydrogen-bond donors (Lipinski definition) is 2. The van der Waals surface area contributed by atoms with Gasteiger partial charge >= 0.3 is 0 Å². The van der Waals surface area contributed by atoms with Crippen molar-refractivity contribution in [3.8, 4) is 0 Å². The molecule has 1 amide bonds. The molecule has 5 heteroatoms. The lowest BCUT2D eigenvalue weighted by molar-refractivity contribution is 0.102. The maximum atomic E-state index is 12.5. The largest absolute Gasteiger partial charge is 0.380 e. The predicted molar refractivity (Wildman–Crippen MR) is 109 cm³/mol. The van der Waals surface area contributed by atoms with E-state index in [4.69, 9.17) is 0 Å².